The lowest BCUT2D eigenvalue weighted by Crippen LogP contribution is -2.56. The number of hydrogen-bond acceptors (Lipinski definition) is 23. The average Bonchev–Trinajstić information content (AvgIpc) is 0.907. The molecule has 0 bridgehead atoms. The van der Waals surface area contributed by atoms with Gasteiger partial charge in [-0.15, -0.1) is 0 Å². The van der Waals surface area contributed by atoms with Gasteiger partial charge < -0.3 is 89.7 Å². The van der Waals surface area contributed by atoms with Crippen molar-refractivity contribution in [1.29, 1.82) is 0 Å². The van der Waals surface area contributed by atoms with Gasteiger partial charge in [0.05, 0.1) is 108 Å². The zero-order chi connectivity index (χ0) is 60.4. The Morgan fingerprint density at radius 1 is 0.821 bits per heavy atom. The third-order valence-electron chi connectivity index (χ3n) is 15.1. The van der Waals surface area contributed by atoms with Crippen molar-refractivity contribution in [1.82, 2.24) is 31.1 Å². The molecule has 84 heavy (non-hydrogen) atoms. The van der Waals surface area contributed by atoms with E-state index in [0.29, 0.717) is 13.2 Å². The van der Waals surface area contributed by atoms with Crippen molar-refractivity contribution in [2.45, 2.75) is 107 Å². The Hall–Kier alpha value is -7.03. The standard InChI is InChI=1S/C55H71N7O22/c1-28(59-51(72)32(24-36(56)63)60-37(64)10-15-77-18-20-79-22-23-80-21-19-78-16-13-62-38(65)8-9-39(62)66)50(71)57-11-12-58-54(73)55(74)26-31-42(48(70)44-43(46(31)68)45(67)30-6-5-7-34(75-3)41(30)47(44)69)35(27-55)83-40-25-33-49(29(2)82-40)84-52-53(76-4)81-17-14-61(33)52/h5-9,28-29,32-33,35,40,49,52-53,68,70,74H,10-27H2,1-4H3,(H2,56,63)(H,57,71)(H,58,73)(H,59,72)(H,60,64)/t28-,29-,32-,33-,35-,40-,49+,52+,53-,55?/m0/s1. The Morgan fingerprint density at radius 3 is 2.14 bits per heavy atom. The molecule has 2 aromatic carbocycles. The van der Waals surface area contributed by atoms with Crippen LogP contribution in [0.3, 0.4) is 0 Å². The van der Waals surface area contributed by atoms with E-state index in [1.165, 1.54) is 51.5 Å². The highest BCUT2D eigenvalue weighted by Crippen LogP contribution is 2.53. The van der Waals surface area contributed by atoms with Crippen LogP contribution in [0.15, 0.2) is 30.4 Å². The number of primary amides is 1. The highest BCUT2D eigenvalue weighted by atomic mass is 16.7. The van der Waals surface area contributed by atoms with E-state index in [1.54, 1.807) is 6.92 Å². The summed E-state index contributed by atoms with van der Waals surface area (Å²) in [5, 5.41) is 46.5. The van der Waals surface area contributed by atoms with Crippen molar-refractivity contribution in [3.8, 4) is 17.2 Å². The van der Waals surface area contributed by atoms with E-state index in [0.717, 1.165) is 4.90 Å². The fourth-order valence-corrected chi connectivity index (χ4v) is 11.0. The van der Waals surface area contributed by atoms with Crippen LogP contribution >= 0.6 is 0 Å². The van der Waals surface area contributed by atoms with Gasteiger partial charge in [-0.05, 0) is 19.9 Å². The molecule has 1 unspecified atom stereocenters. The van der Waals surface area contributed by atoms with Crippen LogP contribution in [-0.4, -0.2) is 233 Å². The zero-order valence-electron chi connectivity index (χ0n) is 46.9. The van der Waals surface area contributed by atoms with E-state index < -0.39 is 138 Å². The van der Waals surface area contributed by atoms with Crippen molar-refractivity contribution in [3.05, 3.63) is 63.7 Å². The number of hydrogen-bond donors (Lipinski definition) is 8. The number of nitrogens with two attached hydrogens (primary N) is 1. The largest absolute Gasteiger partial charge is 0.507 e. The highest BCUT2D eigenvalue weighted by molar-refractivity contribution is 6.31. The summed E-state index contributed by atoms with van der Waals surface area (Å²) in [5.41, 5.74) is 1.27. The van der Waals surface area contributed by atoms with Crippen LogP contribution in [0.4, 0.5) is 0 Å². The number of nitrogens with one attached hydrogen (secondary N) is 4. The molecule has 0 radical (unpaired) electrons. The van der Waals surface area contributed by atoms with Gasteiger partial charge >= 0.3 is 0 Å². The van der Waals surface area contributed by atoms with Gasteiger partial charge in [-0.25, -0.2) is 0 Å². The summed E-state index contributed by atoms with van der Waals surface area (Å²) >= 11 is 0. The predicted octanol–water partition coefficient (Wildman–Crippen LogP) is -2.37. The molecule has 29 nitrogen and oxygen atoms in total. The first-order valence-corrected chi connectivity index (χ1v) is 27.5. The fraction of sp³-hybridized carbons (Fsp3) is 0.582. The van der Waals surface area contributed by atoms with Crippen molar-refractivity contribution < 1.29 is 106 Å². The molecule has 4 aliphatic heterocycles. The number of rotatable bonds is 29. The van der Waals surface area contributed by atoms with Gasteiger partial charge in [0.15, 0.2) is 24.6 Å². The summed E-state index contributed by atoms with van der Waals surface area (Å²) in [7, 11) is 2.82. The number of nitrogens with zero attached hydrogens (tertiary/aromatic N) is 2. The van der Waals surface area contributed by atoms with Crippen LogP contribution in [-0.2, 0) is 82.6 Å². The normalized spacial score (nSPS) is 25.0. The number of methoxy groups -OCH3 is 2. The number of imide groups is 1. The van der Waals surface area contributed by atoms with Gasteiger partial charge in [0.1, 0.15) is 41.0 Å². The molecule has 7 amide bonds. The fourth-order valence-electron chi connectivity index (χ4n) is 11.0. The summed E-state index contributed by atoms with van der Waals surface area (Å²) < 4.78 is 57.6. The van der Waals surface area contributed by atoms with E-state index in [9.17, 15) is 58.5 Å². The Labute approximate surface area is 481 Å². The average molecular weight is 1180 g/mol. The lowest BCUT2D eigenvalue weighted by Gasteiger charge is -2.43. The Balaban J connectivity index is 0.815. The number of morpholine rings is 1. The molecule has 3 saturated heterocycles. The lowest BCUT2D eigenvalue weighted by atomic mass is 9.72. The quantitative estimate of drug-likeness (QED) is 0.0205. The monoisotopic (exact) mass is 1180 g/mol. The minimum Gasteiger partial charge on any atom is -0.507 e. The number of carbonyl (C=O) groups is 9. The molecule has 9 N–H and O–H groups in total. The summed E-state index contributed by atoms with van der Waals surface area (Å²) in [6, 6.07) is 1.36. The summed E-state index contributed by atoms with van der Waals surface area (Å²) in [4.78, 5) is 120. The van der Waals surface area contributed by atoms with Gasteiger partial charge in [0.2, 0.25) is 29.4 Å². The maximum atomic E-state index is 14.3. The first-order chi connectivity index (χ1) is 40.3. The molecular weight excluding hydrogens is 1110 g/mol. The van der Waals surface area contributed by atoms with Crippen LogP contribution in [0.25, 0.3) is 0 Å². The van der Waals surface area contributed by atoms with Crippen molar-refractivity contribution in [3.63, 3.8) is 0 Å². The number of ketones is 2. The number of carbonyl (C=O) groups excluding carboxylic acids is 9. The Morgan fingerprint density at radius 2 is 1.48 bits per heavy atom. The number of phenols is 2. The number of amides is 7. The van der Waals surface area contributed by atoms with Crippen molar-refractivity contribution in [2.75, 3.05) is 99.9 Å². The van der Waals surface area contributed by atoms with E-state index in [4.69, 9.17) is 53.1 Å². The van der Waals surface area contributed by atoms with Crippen LogP contribution in [0.5, 0.6) is 17.2 Å². The van der Waals surface area contributed by atoms with E-state index >= 15 is 0 Å². The topological polar surface area (TPSA) is 387 Å². The Kier molecular flexibility index (Phi) is 21.2. The molecule has 458 valence electrons. The minimum atomic E-state index is -2.41. The molecule has 0 spiro atoms. The smallest absolute Gasteiger partial charge is 0.253 e. The van der Waals surface area contributed by atoms with Gasteiger partial charge in [-0.3, -0.25) is 53.0 Å². The second-order valence-electron chi connectivity index (χ2n) is 20.6. The zero-order valence-corrected chi connectivity index (χ0v) is 46.9. The second kappa shape index (κ2) is 28.2. The molecule has 3 fully saturated rings. The molecule has 8 rings (SSSR count). The first kappa shape index (κ1) is 63.0. The molecular formula is C55H71N7O22. The molecule has 29 heteroatoms. The molecule has 2 aliphatic carbocycles. The summed E-state index contributed by atoms with van der Waals surface area (Å²) in [6.07, 6.45) is -4.17. The van der Waals surface area contributed by atoms with Crippen LogP contribution in [0, 0.1) is 0 Å². The van der Waals surface area contributed by atoms with Crippen LogP contribution in [0.2, 0.25) is 0 Å². The predicted molar refractivity (Wildman–Crippen MR) is 285 cm³/mol. The van der Waals surface area contributed by atoms with Gasteiger partial charge in [-0.2, -0.15) is 0 Å². The number of aromatic hydroxyl groups is 2. The van der Waals surface area contributed by atoms with E-state index in [1.807, 2.05) is 0 Å². The van der Waals surface area contributed by atoms with Crippen molar-refractivity contribution in [2.24, 2.45) is 5.73 Å². The van der Waals surface area contributed by atoms with E-state index in [-0.39, 0.29) is 131 Å². The van der Waals surface area contributed by atoms with Gasteiger partial charge in [-0.1, -0.05) is 12.1 Å². The van der Waals surface area contributed by atoms with E-state index in [2.05, 4.69) is 26.2 Å². The maximum absolute atomic E-state index is 14.3. The number of fused-ring (bicyclic) bond motifs is 6. The first-order valence-electron chi connectivity index (χ1n) is 27.5. The number of aliphatic hydroxyl groups is 1. The molecule has 6 aliphatic rings. The highest BCUT2D eigenvalue weighted by Gasteiger charge is 2.55. The van der Waals surface area contributed by atoms with Gasteiger partial charge in [0, 0.05) is 87.3 Å². The minimum absolute atomic E-state index is 0.0532. The molecule has 10 atom stereocenters. The molecule has 4 heterocycles. The summed E-state index contributed by atoms with van der Waals surface area (Å²) in [6.45, 7) is 5.04. The third kappa shape index (κ3) is 14.2. The lowest BCUT2D eigenvalue weighted by molar-refractivity contribution is -0.256. The van der Waals surface area contributed by atoms with Gasteiger partial charge in [0.25, 0.3) is 17.7 Å². The molecule has 2 aromatic rings. The molecule has 0 saturated carbocycles. The van der Waals surface area contributed by atoms with Crippen molar-refractivity contribution >= 4 is 52.9 Å². The summed E-state index contributed by atoms with van der Waals surface area (Å²) in [5.74, 6) is -8.01. The second-order valence-corrected chi connectivity index (χ2v) is 20.6. The third-order valence-corrected chi connectivity index (χ3v) is 15.1. The maximum Gasteiger partial charge on any atom is 0.253 e. The number of phenolic OH excluding ortho intramolecular Hbond substituents is 2. The van der Waals surface area contributed by atoms with Crippen LogP contribution < -0.4 is 31.7 Å². The number of ether oxygens (including phenoxy) is 10. The van der Waals surface area contributed by atoms with Crippen LogP contribution in [0.1, 0.15) is 88.6 Å². The SMILES string of the molecule is COc1cccc2c1C(=O)c1c(O)c3c(c(O)c1C2=O)CC(O)(C(=O)NCCNC(=O)[C@H](C)NC(=O)[C@H](CC(N)=O)NC(=O)CCOCCOCCOCCOCCN1C(=O)C=CC1=O)C[C@@H]3O[C@H]1C[C@H]2[C@H](O[C@@H]3[C@@H](OC)OCCN32)[C@H](C)O1. The Bertz CT molecular complexity index is 2850. The number of benzene rings is 2. The molecule has 0 aromatic heterocycles.